The summed E-state index contributed by atoms with van der Waals surface area (Å²) in [5.74, 6) is 0.731. The van der Waals surface area contributed by atoms with Crippen molar-refractivity contribution in [3.05, 3.63) is 42.5 Å². The maximum Gasteiger partial charge on any atom is 0.514 e. The summed E-state index contributed by atoms with van der Waals surface area (Å²) in [6.45, 7) is 8.69. The van der Waals surface area contributed by atoms with E-state index in [1.807, 2.05) is 6.07 Å². The van der Waals surface area contributed by atoms with Gasteiger partial charge in [-0.15, -0.1) is 5.10 Å². The van der Waals surface area contributed by atoms with Gasteiger partial charge in [-0.25, -0.2) is 14.6 Å². The predicted molar refractivity (Wildman–Crippen MR) is 93.0 cm³/mol. The molecule has 0 atom stereocenters. The average Bonchev–Trinajstić information content (AvgIpc) is 2.93. The molecule has 0 aliphatic heterocycles. The van der Waals surface area contributed by atoms with Crippen molar-refractivity contribution in [3.8, 4) is 5.75 Å². The summed E-state index contributed by atoms with van der Waals surface area (Å²) in [4.78, 5) is 27.9. The lowest BCUT2D eigenvalue weighted by atomic mass is 10.1. The van der Waals surface area contributed by atoms with Crippen LogP contribution >= 0.6 is 0 Å². The molecular weight excluding hydrogens is 338 g/mol. The van der Waals surface area contributed by atoms with Gasteiger partial charge in [-0.1, -0.05) is 18.2 Å². The lowest BCUT2D eigenvalue weighted by Crippen LogP contribution is -2.32. The second-order valence-electron chi connectivity index (χ2n) is 7.29. The molecule has 0 fully saturated rings. The van der Waals surface area contributed by atoms with Gasteiger partial charge in [0, 0.05) is 6.42 Å². The van der Waals surface area contributed by atoms with E-state index in [-0.39, 0.29) is 6.42 Å². The van der Waals surface area contributed by atoms with Crippen molar-refractivity contribution in [1.82, 2.24) is 14.8 Å². The van der Waals surface area contributed by atoms with Crippen molar-refractivity contribution in [2.75, 3.05) is 0 Å². The van der Waals surface area contributed by atoms with E-state index >= 15 is 0 Å². The molecule has 140 valence electrons. The number of nitrogens with zero attached hydrogens (tertiary/aromatic N) is 3. The van der Waals surface area contributed by atoms with E-state index in [2.05, 4.69) is 10.1 Å². The molecule has 2 aromatic rings. The Morgan fingerprint density at radius 3 is 2.31 bits per heavy atom. The first-order valence-electron chi connectivity index (χ1n) is 8.14. The van der Waals surface area contributed by atoms with Gasteiger partial charge in [0.05, 0.1) is 0 Å². The number of carbonyl (C=O) groups is 2. The number of carbonyl (C=O) groups excluding carboxylic acids is 2. The first-order chi connectivity index (χ1) is 12.0. The van der Waals surface area contributed by atoms with Crippen LogP contribution in [-0.4, -0.2) is 38.2 Å². The third-order valence-corrected chi connectivity index (χ3v) is 3.01. The molecule has 0 bridgehead atoms. The summed E-state index contributed by atoms with van der Waals surface area (Å²) in [5.41, 5.74) is -1.56. The Kier molecular flexibility index (Phi) is 5.64. The van der Waals surface area contributed by atoms with Crippen LogP contribution < -0.4 is 4.74 Å². The van der Waals surface area contributed by atoms with Crippen LogP contribution in [0.2, 0.25) is 0 Å². The largest absolute Gasteiger partial charge is 0.514 e. The Hall–Kier alpha value is -2.90. The second-order valence-corrected chi connectivity index (χ2v) is 7.29. The van der Waals surface area contributed by atoms with E-state index in [1.54, 1.807) is 58.9 Å². The van der Waals surface area contributed by atoms with Crippen molar-refractivity contribution in [3.63, 3.8) is 0 Å². The van der Waals surface area contributed by atoms with Crippen LogP contribution in [0, 0.1) is 0 Å². The van der Waals surface area contributed by atoms with Crippen LogP contribution in [0.15, 0.2) is 36.7 Å². The molecular formula is C18H23N3O5. The molecule has 0 saturated heterocycles. The molecule has 26 heavy (non-hydrogen) atoms. The van der Waals surface area contributed by atoms with E-state index < -0.39 is 23.5 Å². The van der Waals surface area contributed by atoms with Gasteiger partial charge in [0.25, 0.3) is 0 Å². The summed E-state index contributed by atoms with van der Waals surface area (Å²) >= 11 is 0. The molecule has 1 aromatic heterocycles. The van der Waals surface area contributed by atoms with Crippen LogP contribution in [0.4, 0.5) is 9.59 Å². The van der Waals surface area contributed by atoms with Gasteiger partial charge < -0.3 is 14.2 Å². The fraction of sp³-hybridized carbons (Fsp3) is 0.444. The molecule has 0 aliphatic rings. The van der Waals surface area contributed by atoms with Crippen LogP contribution in [0.3, 0.4) is 0 Å². The number of hydrogen-bond donors (Lipinski definition) is 0. The highest BCUT2D eigenvalue weighted by molar-refractivity contribution is 5.69. The summed E-state index contributed by atoms with van der Waals surface area (Å²) in [5, 5.41) is 4.07. The lowest BCUT2D eigenvalue weighted by molar-refractivity contribution is 0.00825. The van der Waals surface area contributed by atoms with Crippen molar-refractivity contribution in [1.29, 1.82) is 0 Å². The summed E-state index contributed by atoms with van der Waals surface area (Å²) in [6, 6.07) is 8.62. The molecule has 8 heteroatoms. The fourth-order valence-corrected chi connectivity index (χ4v) is 2.02. The number of aromatic nitrogens is 3. The van der Waals surface area contributed by atoms with Crippen molar-refractivity contribution in [2.45, 2.75) is 52.2 Å². The zero-order chi connectivity index (χ0) is 19.4. The second kappa shape index (κ2) is 7.55. The molecule has 2 rings (SSSR count). The van der Waals surface area contributed by atoms with Crippen LogP contribution in [-0.2, 0) is 15.9 Å². The van der Waals surface area contributed by atoms with Gasteiger partial charge in [-0.3, -0.25) is 0 Å². The van der Waals surface area contributed by atoms with Gasteiger partial charge in [0.1, 0.15) is 23.3 Å². The van der Waals surface area contributed by atoms with Gasteiger partial charge in [-0.2, -0.15) is 4.68 Å². The molecule has 1 heterocycles. The first-order valence-corrected chi connectivity index (χ1v) is 8.14. The van der Waals surface area contributed by atoms with E-state index in [9.17, 15) is 9.59 Å². The Morgan fingerprint density at radius 2 is 1.69 bits per heavy atom. The zero-order valence-electron chi connectivity index (χ0n) is 15.6. The predicted octanol–water partition coefficient (Wildman–Crippen LogP) is 3.60. The third-order valence-electron chi connectivity index (χ3n) is 3.01. The summed E-state index contributed by atoms with van der Waals surface area (Å²) in [7, 11) is 0. The van der Waals surface area contributed by atoms with Crippen molar-refractivity contribution in [2.24, 2.45) is 0 Å². The van der Waals surface area contributed by atoms with Crippen molar-refractivity contribution < 1.29 is 23.8 Å². The molecule has 0 saturated carbocycles. The molecule has 0 spiro atoms. The summed E-state index contributed by atoms with van der Waals surface area (Å²) in [6.07, 6.45) is 0.0142. The monoisotopic (exact) mass is 361 g/mol. The minimum absolute atomic E-state index is 0.201. The van der Waals surface area contributed by atoms with E-state index in [1.165, 1.54) is 6.33 Å². The molecule has 0 N–H and O–H groups in total. The van der Waals surface area contributed by atoms with Crippen LogP contribution in [0.1, 0.15) is 40.4 Å². The average molecular weight is 361 g/mol. The molecule has 8 nitrogen and oxygen atoms in total. The summed E-state index contributed by atoms with van der Waals surface area (Å²) < 4.78 is 16.7. The highest BCUT2D eigenvalue weighted by Gasteiger charge is 2.27. The van der Waals surface area contributed by atoms with E-state index in [4.69, 9.17) is 14.2 Å². The van der Waals surface area contributed by atoms with E-state index in [0.29, 0.717) is 11.6 Å². The van der Waals surface area contributed by atoms with Crippen molar-refractivity contribution >= 4 is 12.2 Å². The first kappa shape index (κ1) is 19.4. The minimum atomic E-state index is -0.925. The maximum absolute atomic E-state index is 12.0. The number of rotatable bonds is 4. The topological polar surface area (TPSA) is 92.5 Å². The molecule has 0 aliphatic carbocycles. The van der Waals surface area contributed by atoms with Crippen LogP contribution in [0.25, 0.3) is 0 Å². The van der Waals surface area contributed by atoms with Gasteiger partial charge >= 0.3 is 12.2 Å². The van der Waals surface area contributed by atoms with Gasteiger partial charge in [0.2, 0.25) is 0 Å². The SMILES string of the molecule is CC(C)(C)OC(=O)n1cnc(CC(C)(C)OC(=O)Oc2ccccc2)n1. The minimum Gasteiger partial charge on any atom is -0.442 e. The molecule has 1 aromatic carbocycles. The highest BCUT2D eigenvalue weighted by Crippen LogP contribution is 2.18. The Morgan fingerprint density at radius 1 is 1.04 bits per heavy atom. The molecule has 0 amide bonds. The number of hydrogen-bond acceptors (Lipinski definition) is 7. The Bertz CT molecular complexity index is 763. The highest BCUT2D eigenvalue weighted by atomic mass is 16.7. The normalized spacial score (nSPS) is 11.7. The Balaban J connectivity index is 1.94. The van der Waals surface area contributed by atoms with Gasteiger partial charge in [0.15, 0.2) is 5.82 Å². The number of benzene rings is 1. The third kappa shape index (κ3) is 6.19. The quantitative estimate of drug-likeness (QED) is 0.607. The zero-order valence-corrected chi connectivity index (χ0v) is 15.6. The smallest absolute Gasteiger partial charge is 0.442 e. The Labute approximate surface area is 152 Å². The molecule has 0 unspecified atom stereocenters. The number of para-hydroxylation sites is 1. The standard InChI is InChI=1S/C18H23N3O5/c1-17(2,3)25-15(22)21-12-19-14(20-21)11-18(4,5)26-16(23)24-13-9-7-6-8-10-13/h6-10,12H,11H2,1-5H3. The van der Waals surface area contributed by atoms with Gasteiger partial charge in [-0.05, 0) is 46.8 Å². The number of ether oxygens (including phenoxy) is 3. The van der Waals surface area contributed by atoms with Crippen LogP contribution in [0.5, 0.6) is 5.75 Å². The lowest BCUT2D eigenvalue weighted by Gasteiger charge is -2.23. The van der Waals surface area contributed by atoms with E-state index in [0.717, 1.165) is 4.68 Å². The maximum atomic E-state index is 12.0. The fourth-order valence-electron chi connectivity index (χ4n) is 2.02. The molecule has 0 radical (unpaired) electrons.